The topological polar surface area (TPSA) is 66.0 Å². The Labute approximate surface area is 162 Å². The molecule has 0 amide bonds. The molecule has 2 fully saturated rings. The molecule has 2 bridgehead atoms. The van der Waals surface area contributed by atoms with Crippen molar-refractivity contribution in [3.8, 4) is 23.0 Å². The van der Waals surface area contributed by atoms with Gasteiger partial charge in [0.1, 0.15) is 5.78 Å². The zero-order chi connectivity index (χ0) is 18.7. The van der Waals surface area contributed by atoms with Gasteiger partial charge in [0.15, 0.2) is 23.0 Å². The molecule has 6 heteroatoms. The highest BCUT2D eigenvalue weighted by Crippen LogP contribution is 2.48. The summed E-state index contributed by atoms with van der Waals surface area (Å²) in [4.78, 5) is 13.3. The van der Waals surface area contributed by atoms with Crippen LogP contribution in [0.4, 0.5) is 0 Å². The normalized spacial score (nSPS) is 29.8. The monoisotopic (exact) mass is 379 g/mol. The summed E-state index contributed by atoms with van der Waals surface area (Å²) < 4.78 is 22.0. The van der Waals surface area contributed by atoms with E-state index < -0.39 is 0 Å². The van der Waals surface area contributed by atoms with Gasteiger partial charge >= 0.3 is 0 Å². The molecule has 144 valence electrons. The Kier molecular flexibility index (Phi) is 3.56. The summed E-state index contributed by atoms with van der Waals surface area (Å²) in [5, 5.41) is 3.79. The molecule has 6 nitrogen and oxygen atoms in total. The molecule has 3 aliphatic heterocycles. The molecule has 0 spiro atoms. The summed E-state index contributed by atoms with van der Waals surface area (Å²) in [5.41, 5.74) is 2.15. The molecule has 3 heterocycles. The fraction of sp³-hybridized carbons (Fsp3) is 0.409. The molecular formula is C22H21NO5. The third kappa shape index (κ3) is 2.41. The van der Waals surface area contributed by atoms with Gasteiger partial charge in [0, 0.05) is 23.9 Å². The Morgan fingerprint density at radius 2 is 1.21 bits per heavy atom. The standard InChI is InChI=1S/C22H21NO5/c24-22-14-2-1-3-15(22)21(13-5-7-17-19(9-13)28-11-26-17)23-20(14)12-4-6-16-18(8-12)27-10-25-16/h4-9,14-15,20-21,23H,1-3,10-11H2/t14-,15+,20-,21+. The van der Waals surface area contributed by atoms with Crippen LogP contribution < -0.4 is 24.3 Å². The first-order valence-electron chi connectivity index (χ1n) is 9.87. The van der Waals surface area contributed by atoms with Crippen molar-refractivity contribution in [1.29, 1.82) is 0 Å². The Bertz CT molecular complexity index is 884. The Morgan fingerprint density at radius 1 is 0.714 bits per heavy atom. The van der Waals surface area contributed by atoms with Crippen LogP contribution in [0.1, 0.15) is 42.5 Å². The number of Topliss-reactive ketones (excluding diaryl/α,β-unsaturated/α-hetero) is 1. The van der Waals surface area contributed by atoms with Crippen molar-refractivity contribution >= 4 is 5.78 Å². The van der Waals surface area contributed by atoms with Crippen LogP contribution in [0.5, 0.6) is 23.0 Å². The summed E-state index contributed by atoms with van der Waals surface area (Å²) >= 11 is 0. The van der Waals surface area contributed by atoms with Crippen LogP contribution in [0.15, 0.2) is 36.4 Å². The molecule has 1 saturated carbocycles. The minimum absolute atomic E-state index is 0.00406. The molecule has 4 atom stereocenters. The minimum Gasteiger partial charge on any atom is -0.454 e. The molecular weight excluding hydrogens is 358 g/mol. The van der Waals surface area contributed by atoms with Gasteiger partial charge in [0.25, 0.3) is 0 Å². The first kappa shape index (κ1) is 16.2. The fourth-order valence-electron chi connectivity index (χ4n) is 5.08. The Morgan fingerprint density at radius 3 is 1.75 bits per heavy atom. The molecule has 0 unspecified atom stereocenters. The van der Waals surface area contributed by atoms with Gasteiger partial charge in [0.2, 0.25) is 13.6 Å². The quantitative estimate of drug-likeness (QED) is 0.861. The van der Waals surface area contributed by atoms with Gasteiger partial charge in [-0.1, -0.05) is 18.6 Å². The number of carbonyl (C=O) groups excluding carboxylic acids is 1. The van der Waals surface area contributed by atoms with E-state index in [2.05, 4.69) is 5.32 Å². The van der Waals surface area contributed by atoms with Gasteiger partial charge in [-0.2, -0.15) is 0 Å². The van der Waals surface area contributed by atoms with Crippen molar-refractivity contribution in [2.24, 2.45) is 11.8 Å². The van der Waals surface area contributed by atoms with Gasteiger partial charge in [-0.3, -0.25) is 4.79 Å². The van der Waals surface area contributed by atoms with E-state index in [9.17, 15) is 4.79 Å². The molecule has 1 aliphatic carbocycles. The molecule has 4 aliphatic rings. The highest BCUT2D eigenvalue weighted by Gasteiger charge is 2.46. The molecule has 1 saturated heterocycles. The van der Waals surface area contributed by atoms with E-state index in [1.54, 1.807) is 0 Å². The van der Waals surface area contributed by atoms with E-state index in [1.807, 2.05) is 36.4 Å². The van der Waals surface area contributed by atoms with Crippen LogP contribution in [0, 0.1) is 11.8 Å². The largest absolute Gasteiger partial charge is 0.454 e. The van der Waals surface area contributed by atoms with Crippen LogP contribution in [-0.4, -0.2) is 19.4 Å². The number of carbonyl (C=O) groups is 1. The van der Waals surface area contributed by atoms with E-state index in [4.69, 9.17) is 18.9 Å². The van der Waals surface area contributed by atoms with Gasteiger partial charge in [-0.25, -0.2) is 0 Å². The maximum Gasteiger partial charge on any atom is 0.231 e. The van der Waals surface area contributed by atoms with Crippen molar-refractivity contribution in [2.45, 2.75) is 31.3 Å². The second-order valence-corrected chi connectivity index (χ2v) is 7.89. The molecule has 0 radical (unpaired) electrons. The number of hydrogen-bond donors (Lipinski definition) is 1. The van der Waals surface area contributed by atoms with Crippen molar-refractivity contribution in [3.05, 3.63) is 47.5 Å². The summed E-state index contributed by atoms with van der Waals surface area (Å²) in [7, 11) is 0. The first-order chi connectivity index (χ1) is 13.8. The van der Waals surface area contributed by atoms with Gasteiger partial charge in [-0.15, -0.1) is 0 Å². The van der Waals surface area contributed by atoms with E-state index in [-0.39, 0.29) is 37.5 Å². The average molecular weight is 379 g/mol. The van der Waals surface area contributed by atoms with E-state index in [0.29, 0.717) is 5.78 Å². The van der Waals surface area contributed by atoms with Crippen molar-refractivity contribution in [2.75, 3.05) is 13.6 Å². The van der Waals surface area contributed by atoms with E-state index >= 15 is 0 Å². The van der Waals surface area contributed by atoms with Crippen molar-refractivity contribution in [1.82, 2.24) is 5.32 Å². The SMILES string of the molecule is O=C1[C@H]2CCC[C@@H]1[C@@H](c1ccc3c(c1)OCO3)N[C@H]2c1ccc2c(c1)OCO2. The lowest BCUT2D eigenvalue weighted by Crippen LogP contribution is -2.50. The number of rotatable bonds is 2. The lowest BCUT2D eigenvalue weighted by atomic mass is 9.67. The third-order valence-corrected chi connectivity index (χ3v) is 6.44. The predicted octanol–water partition coefficient (Wildman–Crippen LogP) is 3.52. The van der Waals surface area contributed by atoms with Crippen LogP contribution in [0.25, 0.3) is 0 Å². The maximum absolute atomic E-state index is 13.3. The molecule has 0 aromatic heterocycles. The lowest BCUT2D eigenvalue weighted by Gasteiger charge is -2.45. The van der Waals surface area contributed by atoms with Crippen LogP contribution in [-0.2, 0) is 4.79 Å². The predicted molar refractivity (Wildman–Crippen MR) is 99.6 cm³/mol. The number of ketones is 1. The average Bonchev–Trinajstić information content (AvgIpc) is 3.36. The number of benzene rings is 2. The Balaban J connectivity index is 1.38. The number of ether oxygens (including phenoxy) is 4. The van der Waals surface area contributed by atoms with E-state index in [1.165, 1.54) is 0 Å². The smallest absolute Gasteiger partial charge is 0.231 e. The molecule has 1 N–H and O–H groups in total. The number of piperidine rings is 1. The first-order valence-corrected chi connectivity index (χ1v) is 9.87. The lowest BCUT2D eigenvalue weighted by molar-refractivity contribution is -0.135. The second-order valence-electron chi connectivity index (χ2n) is 7.89. The van der Waals surface area contributed by atoms with Gasteiger partial charge < -0.3 is 24.3 Å². The molecule has 6 rings (SSSR count). The van der Waals surface area contributed by atoms with Crippen LogP contribution >= 0.6 is 0 Å². The van der Waals surface area contributed by atoms with Crippen molar-refractivity contribution < 1.29 is 23.7 Å². The molecule has 28 heavy (non-hydrogen) atoms. The van der Waals surface area contributed by atoms with Crippen LogP contribution in [0.3, 0.4) is 0 Å². The van der Waals surface area contributed by atoms with Gasteiger partial charge in [-0.05, 0) is 48.2 Å². The minimum atomic E-state index is -0.0334. The second kappa shape index (κ2) is 6.14. The van der Waals surface area contributed by atoms with Crippen molar-refractivity contribution in [3.63, 3.8) is 0 Å². The maximum atomic E-state index is 13.3. The van der Waals surface area contributed by atoms with E-state index in [0.717, 1.165) is 53.4 Å². The summed E-state index contributed by atoms with van der Waals surface area (Å²) in [6.45, 7) is 0.502. The van der Waals surface area contributed by atoms with Crippen LogP contribution in [0.2, 0.25) is 0 Å². The Hall–Kier alpha value is -2.73. The summed E-state index contributed by atoms with van der Waals surface area (Å²) in [6, 6.07) is 11.9. The fourth-order valence-corrected chi connectivity index (χ4v) is 5.08. The summed E-state index contributed by atoms with van der Waals surface area (Å²) in [6.07, 6.45) is 2.93. The molecule has 2 aromatic rings. The zero-order valence-electron chi connectivity index (χ0n) is 15.4. The molecule has 2 aromatic carbocycles. The highest BCUT2D eigenvalue weighted by atomic mass is 16.7. The number of hydrogen-bond acceptors (Lipinski definition) is 6. The number of nitrogens with one attached hydrogen (secondary N) is 1. The number of fused-ring (bicyclic) bond motifs is 4. The summed E-state index contributed by atoms with van der Waals surface area (Å²) in [5.74, 6) is 3.41. The zero-order valence-corrected chi connectivity index (χ0v) is 15.4. The highest BCUT2D eigenvalue weighted by molar-refractivity contribution is 5.87. The third-order valence-electron chi connectivity index (χ3n) is 6.44. The van der Waals surface area contributed by atoms with Gasteiger partial charge in [0.05, 0.1) is 0 Å².